The van der Waals surface area contributed by atoms with Gasteiger partial charge in [-0.1, -0.05) is 98.8 Å². The molecule has 0 fully saturated rings. The summed E-state index contributed by atoms with van der Waals surface area (Å²) in [6, 6.07) is 25.9. The molecular weight excluding hydrogens is 579 g/mol. The van der Waals surface area contributed by atoms with Crippen molar-refractivity contribution in [2.24, 2.45) is 17.6 Å². The van der Waals surface area contributed by atoms with Gasteiger partial charge in [0, 0.05) is 19.0 Å². The number of hydrogen-bond acceptors (Lipinski definition) is 8. The third-order valence-corrected chi connectivity index (χ3v) is 9.81. The highest BCUT2D eigenvalue weighted by molar-refractivity contribution is 7.59. The lowest BCUT2D eigenvalue weighted by molar-refractivity contribution is -0.166. The topological polar surface area (TPSA) is 134 Å². The molecule has 1 amide bonds. The van der Waals surface area contributed by atoms with Crippen LogP contribution in [0.15, 0.2) is 84.9 Å². The van der Waals surface area contributed by atoms with Crippen molar-refractivity contribution in [3.05, 3.63) is 96.1 Å². The number of carbonyl (C=O) groups excluding carboxylic acids is 3. The molecule has 2 unspecified atom stereocenters. The van der Waals surface area contributed by atoms with Crippen molar-refractivity contribution in [2.45, 2.75) is 65.8 Å². The number of esters is 2. The Morgan fingerprint density at radius 1 is 0.818 bits per heavy atom. The molecule has 0 bridgehead atoms. The number of nitrogens with two attached hydrogens (primary N) is 1. The standard InChI is InChI=1S/C34H43N2O7P/c1-23(2)34(42-26(5)37)43-44(40,25(4)35)22-31(20-27-16-18-30(19-17-27)29-14-10-7-11-15-29)32(38)36-24(3)33(39)41-21-28-12-8-6-9-13-28/h6-19,23-25,31,34H,20-22,35H2,1-5H3,(H,36,38)/t24-,25+,31+,34?,44?/m0/s1. The second-order valence-electron chi connectivity index (χ2n) is 11.3. The summed E-state index contributed by atoms with van der Waals surface area (Å²) in [5.41, 5.74) is 9.89. The van der Waals surface area contributed by atoms with E-state index in [1.54, 1.807) is 20.8 Å². The molecule has 10 heteroatoms. The molecule has 3 aromatic rings. The van der Waals surface area contributed by atoms with Crippen LogP contribution in [0.3, 0.4) is 0 Å². The van der Waals surface area contributed by atoms with Gasteiger partial charge in [0.2, 0.25) is 19.6 Å². The lowest BCUT2D eigenvalue weighted by Gasteiger charge is -2.31. The number of nitrogens with one attached hydrogen (secondary N) is 1. The number of hydrogen-bond donors (Lipinski definition) is 2. The van der Waals surface area contributed by atoms with Crippen molar-refractivity contribution in [1.29, 1.82) is 0 Å². The van der Waals surface area contributed by atoms with Crippen molar-refractivity contribution in [3.8, 4) is 11.1 Å². The van der Waals surface area contributed by atoms with Gasteiger partial charge in [0.1, 0.15) is 12.6 Å². The quantitative estimate of drug-likeness (QED) is 0.122. The van der Waals surface area contributed by atoms with E-state index < -0.39 is 49.2 Å². The Morgan fingerprint density at radius 3 is 1.93 bits per heavy atom. The normalized spacial score (nSPS) is 15.3. The molecule has 0 radical (unpaired) electrons. The minimum absolute atomic E-state index is 0.0670. The minimum Gasteiger partial charge on any atom is -0.459 e. The Labute approximate surface area is 259 Å². The highest BCUT2D eigenvalue weighted by Crippen LogP contribution is 2.53. The monoisotopic (exact) mass is 622 g/mol. The number of carbonyl (C=O) groups is 3. The molecule has 3 rings (SSSR count). The molecule has 44 heavy (non-hydrogen) atoms. The van der Waals surface area contributed by atoms with E-state index >= 15 is 0 Å². The molecule has 0 aromatic heterocycles. The molecule has 3 N–H and O–H groups in total. The smallest absolute Gasteiger partial charge is 0.328 e. The molecule has 0 saturated carbocycles. The first kappa shape index (κ1) is 34.7. The lowest BCUT2D eigenvalue weighted by Crippen LogP contribution is -2.44. The van der Waals surface area contributed by atoms with Crippen LogP contribution in [-0.4, -0.2) is 42.1 Å². The first-order valence-electron chi connectivity index (χ1n) is 14.7. The maximum absolute atomic E-state index is 14.2. The number of ether oxygens (including phenoxy) is 2. The van der Waals surface area contributed by atoms with Crippen LogP contribution < -0.4 is 11.1 Å². The van der Waals surface area contributed by atoms with E-state index in [4.69, 9.17) is 19.7 Å². The minimum atomic E-state index is -3.76. The van der Waals surface area contributed by atoms with Crippen LogP contribution in [0, 0.1) is 11.8 Å². The molecular formula is C34H43N2O7P. The summed E-state index contributed by atoms with van der Waals surface area (Å²) >= 11 is 0. The second kappa shape index (κ2) is 16.3. The van der Waals surface area contributed by atoms with Crippen LogP contribution in [0.5, 0.6) is 0 Å². The van der Waals surface area contributed by atoms with E-state index in [2.05, 4.69) is 5.32 Å². The van der Waals surface area contributed by atoms with E-state index in [-0.39, 0.29) is 25.1 Å². The summed E-state index contributed by atoms with van der Waals surface area (Å²) in [6.07, 6.45) is -1.13. The molecule has 236 valence electrons. The summed E-state index contributed by atoms with van der Waals surface area (Å²) < 4.78 is 30.8. The Kier molecular flexibility index (Phi) is 12.9. The average Bonchev–Trinajstić information content (AvgIpc) is 3.00. The molecule has 0 heterocycles. The van der Waals surface area contributed by atoms with Gasteiger partial charge < -0.3 is 20.5 Å². The van der Waals surface area contributed by atoms with Crippen LogP contribution in [0.4, 0.5) is 0 Å². The summed E-state index contributed by atoms with van der Waals surface area (Å²) in [6.45, 7) is 7.91. The van der Waals surface area contributed by atoms with Crippen molar-refractivity contribution in [1.82, 2.24) is 5.32 Å². The molecule has 0 saturated heterocycles. The maximum Gasteiger partial charge on any atom is 0.328 e. The zero-order valence-electron chi connectivity index (χ0n) is 26.0. The summed E-state index contributed by atoms with van der Waals surface area (Å²) in [7, 11) is -3.76. The Morgan fingerprint density at radius 2 is 1.39 bits per heavy atom. The van der Waals surface area contributed by atoms with E-state index in [1.807, 2.05) is 84.9 Å². The average molecular weight is 623 g/mol. The molecule has 0 aliphatic carbocycles. The number of benzene rings is 3. The summed E-state index contributed by atoms with van der Waals surface area (Å²) in [5, 5.41) is 2.73. The fraction of sp³-hybridized carbons (Fsp3) is 0.382. The predicted octanol–water partition coefficient (Wildman–Crippen LogP) is 5.91. The fourth-order valence-electron chi connectivity index (χ4n) is 4.46. The van der Waals surface area contributed by atoms with Crippen LogP contribution in [0.2, 0.25) is 0 Å². The Hall–Kier alpha value is -3.78. The van der Waals surface area contributed by atoms with Gasteiger partial charge in [0.05, 0.1) is 11.7 Å². The van der Waals surface area contributed by atoms with E-state index in [9.17, 15) is 18.9 Å². The molecule has 3 aromatic carbocycles. The Balaban J connectivity index is 1.83. The van der Waals surface area contributed by atoms with Gasteiger partial charge in [0.25, 0.3) is 0 Å². The molecule has 0 aliphatic rings. The zero-order valence-corrected chi connectivity index (χ0v) is 26.9. The second-order valence-corrected chi connectivity index (χ2v) is 14.1. The van der Waals surface area contributed by atoms with Crippen molar-refractivity contribution < 1.29 is 32.9 Å². The first-order chi connectivity index (χ1) is 20.9. The fourth-order valence-corrected chi connectivity index (χ4v) is 6.62. The van der Waals surface area contributed by atoms with E-state index in [0.717, 1.165) is 22.3 Å². The molecule has 0 spiro atoms. The van der Waals surface area contributed by atoms with Gasteiger partial charge in [-0.15, -0.1) is 0 Å². The zero-order chi connectivity index (χ0) is 32.3. The van der Waals surface area contributed by atoms with Crippen LogP contribution in [0.25, 0.3) is 11.1 Å². The van der Waals surface area contributed by atoms with Gasteiger partial charge in [-0.05, 0) is 42.5 Å². The number of amides is 1. The van der Waals surface area contributed by atoms with E-state index in [1.165, 1.54) is 13.8 Å². The van der Waals surface area contributed by atoms with Gasteiger partial charge in [0.15, 0.2) is 0 Å². The largest absolute Gasteiger partial charge is 0.459 e. The summed E-state index contributed by atoms with van der Waals surface area (Å²) in [5.74, 6) is -3.85. The highest BCUT2D eigenvalue weighted by atomic mass is 31.2. The van der Waals surface area contributed by atoms with Crippen LogP contribution >= 0.6 is 7.37 Å². The first-order valence-corrected chi connectivity index (χ1v) is 16.6. The predicted molar refractivity (Wildman–Crippen MR) is 171 cm³/mol. The van der Waals surface area contributed by atoms with Gasteiger partial charge in [-0.2, -0.15) is 0 Å². The highest BCUT2D eigenvalue weighted by Gasteiger charge is 2.39. The molecule has 5 atom stereocenters. The van der Waals surface area contributed by atoms with Crippen LogP contribution in [0.1, 0.15) is 45.7 Å². The van der Waals surface area contributed by atoms with Gasteiger partial charge in [-0.3, -0.25) is 18.7 Å². The van der Waals surface area contributed by atoms with Crippen molar-refractivity contribution in [2.75, 3.05) is 6.16 Å². The summed E-state index contributed by atoms with van der Waals surface area (Å²) in [4.78, 5) is 38.2. The van der Waals surface area contributed by atoms with Gasteiger partial charge in [-0.25, -0.2) is 4.79 Å². The van der Waals surface area contributed by atoms with Crippen molar-refractivity contribution >= 4 is 25.2 Å². The maximum atomic E-state index is 14.2. The van der Waals surface area contributed by atoms with Gasteiger partial charge >= 0.3 is 11.9 Å². The third kappa shape index (κ3) is 10.4. The van der Waals surface area contributed by atoms with Crippen molar-refractivity contribution in [3.63, 3.8) is 0 Å². The molecule has 0 aliphatic heterocycles. The van der Waals surface area contributed by atoms with Crippen LogP contribution in [-0.2, 0) is 46.0 Å². The lowest BCUT2D eigenvalue weighted by atomic mass is 9.97. The number of rotatable bonds is 15. The van der Waals surface area contributed by atoms with E-state index in [0.29, 0.717) is 0 Å². The molecule has 9 nitrogen and oxygen atoms in total. The Bertz CT molecular complexity index is 1410. The third-order valence-electron chi connectivity index (χ3n) is 7.05. The SMILES string of the molecule is CC(=O)OC(OP(=O)(C[C@@H](Cc1ccc(-c2ccccc2)cc1)C(=O)N[C@@H](C)C(=O)OCc1ccccc1)[C@H](C)N)C(C)C.